The fourth-order valence-corrected chi connectivity index (χ4v) is 2.98. The van der Waals surface area contributed by atoms with Gasteiger partial charge in [-0.3, -0.25) is 14.6 Å². The molecule has 1 aromatic heterocycles. The van der Waals surface area contributed by atoms with Gasteiger partial charge in [-0.05, 0) is 36.8 Å². The third-order valence-corrected chi connectivity index (χ3v) is 4.40. The van der Waals surface area contributed by atoms with E-state index in [0.29, 0.717) is 38.2 Å². The highest BCUT2D eigenvalue weighted by Gasteiger charge is 2.24. The van der Waals surface area contributed by atoms with Crippen molar-refractivity contribution in [2.45, 2.75) is 6.42 Å². The zero-order valence-electron chi connectivity index (χ0n) is 14.5. The first-order valence-corrected chi connectivity index (χ1v) is 8.42. The number of hydrogen-bond donors (Lipinski definition) is 0. The van der Waals surface area contributed by atoms with E-state index in [2.05, 4.69) is 4.98 Å². The van der Waals surface area contributed by atoms with Crippen molar-refractivity contribution >= 4 is 11.8 Å². The molecule has 2 heterocycles. The summed E-state index contributed by atoms with van der Waals surface area (Å²) in [7, 11) is 1.38. The Hall–Kier alpha value is -2.96. The highest BCUT2D eigenvalue weighted by atomic mass is 19.1. The molecule has 0 saturated carbocycles. The fraction of sp³-hybridized carbons (Fsp3) is 0.316. The average Bonchev–Trinajstić information content (AvgIpc) is 2.93. The van der Waals surface area contributed by atoms with Gasteiger partial charge in [0.15, 0.2) is 11.6 Å². The molecule has 1 aliphatic heterocycles. The third kappa shape index (κ3) is 3.82. The summed E-state index contributed by atoms with van der Waals surface area (Å²) in [4.78, 5) is 32.5. The maximum atomic E-state index is 13.9. The van der Waals surface area contributed by atoms with Crippen molar-refractivity contribution in [1.82, 2.24) is 14.8 Å². The molecule has 1 fully saturated rings. The normalized spacial score (nSPS) is 14.7. The van der Waals surface area contributed by atoms with Crippen molar-refractivity contribution in [2.75, 3.05) is 33.3 Å². The van der Waals surface area contributed by atoms with Crippen LogP contribution < -0.4 is 4.74 Å². The summed E-state index contributed by atoms with van der Waals surface area (Å²) in [6.45, 7) is 1.93. The summed E-state index contributed by atoms with van der Waals surface area (Å²) >= 11 is 0. The van der Waals surface area contributed by atoms with Gasteiger partial charge in [-0.25, -0.2) is 4.39 Å². The summed E-state index contributed by atoms with van der Waals surface area (Å²) in [5, 5.41) is 0. The number of pyridine rings is 1. The predicted molar refractivity (Wildman–Crippen MR) is 93.6 cm³/mol. The second-order valence-corrected chi connectivity index (χ2v) is 6.02. The largest absolute Gasteiger partial charge is 0.494 e. The molecule has 2 aromatic rings. The Balaban J connectivity index is 1.67. The highest BCUT2D eigenvalue weighted by Crippen LogP contribution is 2.19. The fourth-order valence-electron chi connectivity index (χ4n) is 2.98. The predicted octanol–water partition coefficient (Wildman–Crippen LogP) is 2.22. The van der Waals surface area contributed by atoms with Crippen molar-refractivity contribution in [3.8, 4) is 5.75 Å². The standard InChI is InChI=1S/C19H20FN3O3/c1-26-17-4-3-15(13-16(17)20)19(25)23-10-2-9-22(11-12-23)18(24)14-5-7-21-8-6-14/h3-8,13H,2,9-12H2,1H3. The van der Waals surface area contributed by atoms with E-state index < -0.39 is 5.82 Å². The smallest absolute Gasteiger partial charge is 0.254 e. The van der Waals surface area contributed by atoms with E-state index in [4.69, 9.17) is 4.74 Å². The summed E-state index contributed by atoms with van der Waals surface area (Å²) in [5.41, 5.74) is 0.856. The van der Waals surface area contributed by atoms with Gasteiger partial charge in [-0.15, -0.1) is 0 Å². The molecule has 1 aliphatic rings. The third-order valence-electron chi connectivity index (χ3n) is 4.40. The molecule has 0 aliphatic carbocycles. The van der Waals surface area contributed by atoms with Crippen LogP contribution in [0.4, 0.5) is 4.39 Å². The summed E-state index contributed by atoms with van der Waals surface area (Å²) in [6.07, 6.45) is 3.83. The Morgan fingerprint density at radius 3 is 2.15 bits per heavy atom. The van der Waals surface area contributed by atoms with Crippen LogP contribution in [0.5, 0.6) is 5.75 Å². The molecule has 0 bridgehead atoms. The van der Waals surface area contributed by atoms with E-state index in [1.807, 2.05) is 0 Å². The molecular weight excluding hydrogens is 337 g/mol. The number of rotatable bonds is 3. The van der Waals surface area contributed by atoms with Crippen molar-refractivity contribution in [3.63, 3.8) is 0 Å². The van der Waals surface area contributed by atoms with Gasteiger partial charge in [0.05, 0.1) is 7.11 Å². The van der Waals surface area contributed by atoms with Crippen LogP contribution in [0.1, 0.15) is 27.1 Å². The number of hydrogen-bond acceptors (Lipinski definition) is 4. The number of amides is 2. The molecule has 26 heavy (non-hydrogen) atoms. The molecule has 0 radical (unpaired) electrons. The summed E-state index contributed by atoms with van der Waals surface area (Å²) in [6, 6.07) is 7.53. The van der Waals surface area contributed by atoms with Gasteiger partial charge >= 0.3 is 0 Å². The van der Waals surface area contributed by atoms with Crippen LogP contribution in [0.3, 0.4) is 0 Å². The Bertz CT molecular complexity index is 798. The van der Waals surface area contributed by atoms with Crippen LogP contribution in [0.2, 0.25) is 0 Å². The quantitative estimate of drug-likeness (QED) is 0.845. The second-order valence-electron chi connectivity index (χ2n) is 6.02. The molecule has 2 amide bonds. The van der Waals surface area contributed by atoms with E-state index in [1.54, 1.807) is 40.4 Å². The minimum atomic E-state index is -0.567. The first-order valence-electron chi connectivity index (χ1n) is 8.42. The minimum Gasteiger partial charge on any atom is -0.494 e. The molecular formula is C19H20FN3O3. The van der Waals surface area contributed by atoms with Crippen LogP contribution >= 0.6 is 0 Å². The van der Waals surface area contributed by atoms with E-state index in [0.717, 1.165) is 0 Å². The van der Waals surface area contributed by atoms with Gasteiger partial charge in [0.25, 0.3) is 11.8 Å². The molecule has 6 nitrogen and oxygen atoms in total. The second kappa shape index (κ2) is 7.95. The van der Waals surface area contributed by atoms with E-state index in [9.17, 15) is 14.0 Å². The van der Waals surface area contributed by atoms with Crippen molar-refractivity contribution in [1.29, 1.82) is 0 Å². The monoisotopic (exact) mass is 357 g/mol. The molecule has 7 heteroatoms. The zero-order chi connectivity index (χ0) is 18.5. The van der Waals surface area contributed by atoms with Crippen LogP contribution in [0.15, 0.2) is 42.7 Å². The van der Waals surface area contributed by atoms with Crippen molar-refractivity contribution < 1.29 is 18.7 Å². The van der Waals surface area contributed by atoms with E-state index >= 15 is 0 Å². The molecule has 0 N–H and O–H groups in total. The van der Waals surface area contributed by atoms with Gasteiger partial charge in [-0.2, -0.15) is 0 Å². The lowest BCUT2D eigenvalue weighted by atomic mass is 10.1. The van der Waals surface area contributed by atoms with E-state index in [1.165, 1.54) is 19.2 Å². The Kier molecular flexibility index (Phi) is 5.46. The number of nitrogens with zero attached hydrogens (tertiary/aromatic N) is 3. The number of aromatic nitrogens is 1. The number of halogens is 1. The Morgan fingerprint density at radius 2 is 1.58 bits per heavy atom. The lowest BCUT2D eigenvalue weighted by molar-refractivity contribution is 0.0718. The Labute approximate surface area is 151 Å². The summed E-state index contributed by atoms with van der Waals surface area (Å²) in [5.74, 6) is -0.781. The number of carbonyl (C=O) groups excluding carboxylic acids is 2. The first kappa shape index (κ1) is 17.8. The topological polar surface area (TPSA) is 62.7 Å². The SMILES string of the molecule is COc1ccc(C(=O)N2CCCN(C(=O)c3ccncc3)CC2)cc1F. The molecule has 0 unspecified atom stereocenters. The van der Waals surface area contributed by atoms with Gasteiger partial charge in [-0.1, -0.05) is 0 Å². The lowest BCUT2D eigenvalue weighted by Gasteiger charge is -2.22. The number of carbonyl (C=O) groups is 2. The maximum Gasteiger partial charge on any atom is 0.254 e. The van der Waals surface area contributed by atoms with Gasteiger partial charge in [0.2, 0.25) is 0 Å². The molecule has 3 rings (SSSR count). The van der Waals surface area contributed by atoms with Crippen LogP contribution in [-0.2, 0) is 0 Å². The van der Waals surface area contributed by atoms with Crippen LogP contribution in [-0.4, -0.2) is 59.9 Å². The molecule has 1 saturated heterocycles. The van der Waals surface area contributed by atoms with Gasteiger partial charge in [0, 0.05) is 49.7 Å². The summed E-state index contributed by atoms with van der Waals surface area (Å²) < 4.78 is 18.7. The molecule has 1 aromatic carbocycles. The minimum absolute atomic E-state index is 0.0720. The number of ether oxygens (including phenoxy) is 1. The van der Waals surface area contributed by atoms with E-state index in [-0.39, 0.29) is 23.1 Å². The number of methoxy groups -OCH3 is 1. The molecule has 0 spiro atoms. The zero-order valence-corrected chi connectivity index (χ0v) is 14.5. The maximum absolute atomic E-state index is 13.9. The van der Waals surface area contributed by atoms with Gasteiger partial charge in [0.1, 0.15) is 0 Å². The van der Waals surface area contributed by atoms with Crippen molar-refractivity contribution in [2.24, 2.45) is 0 Å². The first-order chi connectivity index (χ1) is 12.6. The van der Waals surface area contributed by atoms with Crippen molar-refractivity contribution in [3.05, 3.63) is 59.7 Å². The van der Waals surface area contributed by atoms with Gasteiger partial charge < -0.3 is 14.5 Å². The lowest BCUT2D eigenvalue weighted by Crippen LogP contribution is -2.37. The molecule has 136 valence electrons. The van der Waals surface area contributed by atoms with Crippen LogP contribution in [0, 0.1) is 5.82 Å². The molecule has 0 atom stereocenters. The number of benzene rings is 1. The van der Waals surface area contributed by atoms with Crippen LogP contribution in [0.25, 0.3) is 0 Å². The average molecular weight is 357 g/mol. The Morgan fingerprint density at radius 1 is 0.962 bits per heavy atom. The highest BCUT2D eigenvalue weighted by molar-refractivity contribution is 5.95.